The minimum Gasteiger partial charge on any atom is -0.366 e. The lowest BCUT2D eigenvalue weighted by Gasteiger charge is -2.36. The molecule has 1 heterocycles. The van der Waals surface area contributed by atoms with E-state index in [9.17, 15) is 14.0 Å². The van der Waals surface area contributed by atoms with E-state index in [0.717, 1.165) is 0 Å². The number of hydrogen-bond donors (Lipinski definition) is 1. The molecule has 5 nitrogen and oxygen atoms in total. The van der Waals surface area contributed by atoms with Crippen LogP contribution < -0.4 is 10.2 Å². The van der Waals surface area contributed by atoms with Crippen molar-refractivity contribution in [3.63, 3.8) is 0 Å². The van der Waals surface area contributed by atoms with Gasteiger partial charge in [-0.2, -0.15) is 0 Å². The van der Waals surface area contributed by atoms with E-state index in [0.29, 0.717) is 38.3 Å². The van der Waals surface area contributed by atoms with Crippen LogP contribution in [0.1, 0.15) is 27.2 Å². The second-order valence-electron chi connectivity index (χ2n) is 7.95. The summed E-state index contributed by atoms with van der Waals surface area (Å²) in [6.07, 6.45) is 0.633. The van der Waals surface area contributed by atoms with Crippen molar-refractivity contribution < 1.29 is 14.0 Å². The van der Waals surface area contributed by atoms with Gasteiger partial charge in [0.15, 0.2) is 0 Å². The number of hydrogen-bond acceptors (Lipinski definition) is 3. The topological polar surface area (TPSA) is 52.7 Å². The summed E-state index contributed by atoms with van der Waals surface area (Å²) >= 11 is 0. The van der Waals surface area contributed by atoms with Crippen molar-refractivity contribution in [2.45, 2.75) is 32.7 Å². The van der Waals surface area contributed by atoms with E-state index in [1.807, 2.05) is 36.6 Å². The molecular weight excluding hydrogens is 321 g/mol. The molecule has 2 amide bonds. The summed E-state index contributed by atoms with van der Waals surface area (Å²) in [7, 11) is 0. The molecule has 2 atom stereocenters. The molecular formula is C19H26FN3O2. The monoisotopic (exact) mass is 347 g/mol. The van der Waals surface area contributed by atoms with Gasteiger partial charge in [-0.1, -0.05) is 12.1 Å². The Labute approximate surface area is 148 Å². The molecule has 1 aliphatic carbocycles. The highest BCUT2D eigenvalue weighted by molar-refractivity contribution is 5.92. The van der Waals surface area contributed by atoms with Gasteiger partial charge in [-0.3, -0.25) is 9.59 Å². The van der Waals surface area contributed by atoms with Crippen LogP contribution in [0.15, 0.2) is 24.3 Å². The van der Waals surface area contributed by atoms with Gasteiger partial charge in [-0.15, -0.1) is 0 Å². The van der Waals surface area contributed by atoms with Gasteiger partial charge in [0.1, 0.15) is 5.82 Å². The van der Waals surface area contributed by atoms with Crippen molar-refractivity contribution in [2.75, 3.05) is 31.1 Å². The number of nitrogens with zero attached hydrogens (tertiary/aromatic N) is 2. The standard InChI is InChI=1S/C19H26FN3O2/c1-19(2,3)21-17(24)13-12-14(13)18(25)23-10-8-22(9-11-23)16-7-5-4-6-15(16)20/h4-7,13-14H,8-12H2,1-3H3,(H,21,24). The molecule has 1 saturated heterocycles. The number of para-hydroxylation sites is 1. The minimum absolute atomic E-state index is 0.0316. The smallest absolute Gasteiger partial charge is 0.226 e. The number of rotatable bonds is 3. The maximum Gasteiger partial charge on any atom is 0.226 e. The average Bonchev–Trinajstić information content (AvgIpc) is 3.34. The molecule has 0 aromatic heterocycles. The second-order valence-corrected chi connectivity index (χ2v) is 7.95. The summed E-state index contributed by atoms with van der Waals surface area (Å²) < 4.78 is 13.9. The third kappa shape index (κ3) is 4.11. The first-order valence-corrected chi connectivity index (χ1v) is 8.86. The van der Waals surface area contributed by atoms with Gasteiger partial charge in [0.2, 0.25) is 11.8 Å². The highest BCUT2D eigenvalue weighted by atomic mass is 19.1. The van der Waals surface area contributed by atoms with Crippen molar-refractivity contribution in [3.05, 3.63) is 30.1 Å². The molecule has 25 heavy (non-hydrogen) atoms. The summed E-state index contributed by atoms with van der Waals surface area (Å²) in [4.78, 5) is 28.5. The normalized spacial score (nSPS) is 23.4. The van der Waals surface area contributed by atoms with Gasteiger partial charge in [-0.25, -0.2) is 4.39 Å². The van der Waals surface area contributed by atoms with Crippen LogP contribution in [-0.2, 0) is 9.59 Å². The van der Waals surface area contributed by atoms with Gasteiger partial charge in [0.25, 0.3) is 0 Å². The Kier molecular flexibility index (Phi) is 4.71. The number of benzene rings is 1. The van der Waals surface area contributed by atoms with Crippen LogP contribution in [0.5, 0.6) is 0 Å². The maximum absolute atomic E-state index is 13.9. The molecule has 0 radical (unpaired) electrons. The highest BCUT2D eigenvalue weighted by Crippen LogP contribution is 2.40. The van der Waals surface area contributed by atoms with Crippen LogP contribution in [-0.4, -0.2) is 48.4 Å². The van der Waals surface area contributed by atoms with E-state index >= 15 is 0 Å². The molecule has 3 rings (SSSR count). The number of anilines is 1. The molecule has 2 fully saturated rings. The van der Waals surface area contributed by atoms with Crippen LogP contribution in [0.2, 0.25) is 0 Å². The molecule has 0 bridgehead atoms. The fourth-order valence-electron chi connectivity index (χ4n) is 3.33. The van der Waals surface area contributed by atoms with E-state index in [1.54, 1.807) is 12.1 Å². The predicted molar refractivity (Wildman–Crippen MR) is 94.7 cm³/mol. The molecule has 136 valence electrons. The third-order valence-corrected chi connectivity index (χ3v) is 4.73. The van der Waals surface area contributed by atoms with Crippen LogP contribution in [0.25, 0.3) is 0 Å². The summed E-state index contributed by atoms with van der Waals surface area (Å²) in [5, 5.41) is 2.94. The van der Waals surface area contributed by atoms with Crippen molar-refractivity contribution in [1.82, 2.24) is 10.2 Å². The van der Waals surface area contributed by atoms with E-state index in [2.05, 4.69) is 5.32 Å². The highest BCUT2D eigenvalue weighted by Gasteiger charge is 2.50. The average molecular weight is 347 g/mol. The van der Waals surface area contributed by atoms with Crippen molar-refractivity contribution in [1.29, 1.82) is 0 Å². The zero-order valence-electron chi connectivity index (χ0n) is 15.1. The van der Waals surface area contributed by atoms with Gasteiger partial charge in [-0.05, 0) is 39.3 Å². The van der Waals surface area contributed by atoms with Crippen LogP contribution >= 0.6 is 0 Å². The number of nitrogens with one attached hydrogen (secondary N) is 1. The quantitative estimate of drug-likeness (QED) is 0.910. The lowest BCUT2D eigenvalue weighted by molar-refractivity contribution is -0.135. The van der Waals surface area contributed by atoms with E-state index in [-0.39, 0.29) is 35.0 Å². The SMILES string of the molecule is CC(C)(C)NC(=O)C1CC1C(=O)N1CCN(c2ccccc2F)CC1. The Hall–Kier alpha value is -2.11. The summed E-state index contributed by atoms with van der Waals surface area (Å²) in [6, 6.07) is 6.71. The number of carbonyl (C=O) groups excluding carboxylic acids is 2. The molecule has 1 aromatic carbocycles. The largest absolute Gasteiger partial charge is 0.366 e. The Morgan fingerprint density at radius 1 is 1.08 bits per heavy atom. The molecule has 1 saturated carbocycles. The molecule has 1 N–H and O–H groups in total. The molecule has 2 unspecified atom stereocenters. The van der Waals surface area contributed by atoms with E-state index < -0.39 is 0 Å². The van der Waals surface area contributed by atoms with Gasteiger partial charge in [0.05, 0.1) is 17.5 Å². The van der Waals surface area contributed by atoms with Crippen LogP contribution in [0.3, 0.4) is 0 Å². The van der Waals surface area contributed by atoms with E-state index in [1.165, 1.54) is 6.07 Å². The third-order valence-electron chi connectivity index (χ3n) is 4.73. The Bertz CT molecular complexity index is 663. The predicted octanol–water partition coefficient (Wildman–Crippen LogP) is 2.03. The molecule has 2 aliphatic rings. The van der Waals surface area contributed by atoms with Crippen LogP contribution in [0, 0.1) is 17.7 Å². The van der Waals surface area contributed by atoms with Crippen LogP contribution in [0.4, 0.5) is 10.1 Å². The van der Waals surface area contributed by atoms with Gasteiger partial charge in [0, 0.05) is 31.7 Å². The van der Waals surface area contributed by atoms with Crippen molar-refractivity contribution in [3.8, 4) is 0 Å². The molecule has 0 spiro atoms. The number of halogens is 1. The zero-order valence-corrected chi connectivity index (χ0v) is 15.1. The Morgan fingerprint density at radius 2 is 1.72 bits per heavy atom. The second kappa shape index (κ2) is 6.65. The van der Waals surface area contributed by atoms with Gasteiger partial charge < -0.3 is 15.1 Å². The van der Waals surface area contributed by atoms with E-state index in [4.69, 9.17) is 0 Å². The minimum atomic E-state index is -0.279. The maximum atomic E-state index is 13.9. The lowest BCUT2D eigenvalue weighted by Crippen LogP contribution is -2.50. The number of carbonyl (C=O) groups is 2. The Morgan fingerprint density at radius 3 is 2.32 bits per heavy atom. The first kappa shape index (κ1) is 17.7. The number of amides is 2. The van der Waals surface area contributed by atoms with Gasteiger partial charge >= 0.3 is 0 Å². The zero-order chi connectivity index (χ0) is 18.2. The first-order chi connectivity index (χ1) is 11.8. The Balaban J connectivity index is 1.51. The summed E-state index contributed by atoms with van der Waals surface area (Å²) in [5.41, 5.74) is 0.307. The molecule has 1 aromatic rings. The number of piperazine rings is 1. The fraction of sp³-hybridized carbons (Fsp3) is 0.579. The fourth-order valence-corrected chi connectivity index (χ4v) is 3.33. The summed E-state index contributed by atoms with van der Waals surface area (Å²) in [5.74, 6) is -0.597. The molecule has 6 heteroatoms. The van der Waals surface area contributed by atoms with Crippen molar-refractivity contribution >= 4 is 17.5 Å². The lowest BCUT2D eigenvalue weighted by atomic mass is 10.1. The first-order valence-electron chi connectivity index (χ1n) is 8.86. The summed E-state index contributed by atoms with van der Waals surface area (Å²) in [6.45, 7) is 8.16. The molecule has 1 aliphatic heterocycles. The van der Waals surface area contributed by atoms with Crippen molar-refractivity contribution in [2.24, 2.45) is 11.8 Å².